The van der Waals surface area contributed by atoms with Crippen molar-refractivity contribution in [2.24, 2.45) is 0 Å². The van der Waals surface area contributed by atoms with E-state index in [1.807, 2.05) is 48.7 Å². The molecule has 3 aromatic rings. The quantitative estimate of drug-likeness (QED) is 0.628. The van der Waals surface area contributed by atoms with Crippen molar-refractivity contribution < 1.29 is 9.90 Å². The Labute approximate surface area is 135 Å². The van der Waals surface area contributed by atoms with Crippen LogP contribution in [0.2, 0.25) is 0 Å². The zero-order valence-electron chi connectivity index (χ0n) is 12.8. The summed E-state index contributed by atoms with van der Waals surface area (Å²) >= 11 is 0. The summed E-state index contributed by atoms with van der Waals surface area (Å²) in [4.78, 5) is 14.7. The van der Waals surface area contributed by atoms with Gasteiger partial charge in [0, 0.05) is 23.5 Å². The average Bonchev–Trinajstić information content (AvgIpc) is 2.98. The number of aromatic nitrogens is 1. The number of rotatable bonds is 7. The molecule has 0 saturated carbocycles. The van der Waals surface area contributed by atoms with Gasteiger partial charge < -0.3 is 15.4 Å². The van der Waals surface area contributed by atoms with Gasteiger partial charge in [-0.3, -0.25) is 4.79 Å². The van der Waals surface area contributed by atoms with Gasteiger partial charge in [0.05, 0.1) is 0 Å². The van der Waals surface area contributed by atoms with Gasteiger partial charge in [-0.1, -0.05) is 48.5 Å². The molecule has 0 unspecified atom stereocenters. The maximum atomic E-state index is 11.5. The van der Waals surface area contributed by atoms with Crippen LogP contribution in [0.4, 0.5) is 0 Å². The van der Waals surface area contributed by atoms with Crippen LogP contribution >= 0.6 is 0 Å². The summed E-state index contributed by atoms with van der Waals surface area (Å²) in [6.45, 7) is 0.642. The highest BCUT2D eigenvalue weighted by Crippen LogP contribution is 2.19. The zero-order chi connectivity index (χ0) is 16.1. The predicted molar refractivity (Wildman–Crippen MR) is 91.6 cm³/mol. The van der Waals surface area contributed by atoms with Crippen molar-refractivity contribution in [3.63, 3.8) is 0 Å². The van der Waals surface area contributed by atoms with E-state index in [0.717, 1.165) is 22.9 Å². The van der Waals surface area contributed by atoms with Gasteiger partial charge in [0.2, 0.25) is 0 Å². The molecule has 0 aliphatic carbocycles. The molecule has 1 heterocycles. The van der Waals surface area contributed by atoms with Crippen LogP contribution in [0.25, 0.3) is 10.9 Å². The van der Waals surface area contributed by atoms with Crippen LogP contribution in [-0.2, 0) is 17.6 Å². The molecular formula is C19H20N2O2. The molecule has 1 atom stereocenters. The molecule has 23 heavy (non-hydrogen) atoms. The van der Waals surface area contributed by atoms with Crippen molar-refractivity contribution in [2.75, 3.05) is 6.54 Å². The smallest absolute Gasteiger partial charge is 0.321 e. The van der Waals surface area contributed by atoms with E-state index < -0.39 is 12.0 Å². The lowest BCUT2D eigenvalue weighted by Gasteiger charge is -2.14. The Kier molecular flexibility index (Phi) is 4.74. The lowest BCUT2D eigenvalue weighted by atomic mass is 10.0. The maximum absolute atomic E-state index is 11.5. The van der Waals surface area contributed by atoms with E-state index in [0.29, 0.717) is 13.0 Å². The number of hydrogen-bond acceptors (Lipinski definition) is 2. The molecule has 3 N–H and O–H groups in total. The monoisotopic (exact) mass is 308 g/mol. The van der Waals surface area contributed by atoms with E-state index in [-0.39, 0.29) is 0 Å². The highest BCUT2D eigenvalue weighted by atomic mass is 16.4. The van der Waals surface area contributed by atoms with E-state index in [9.17, 15) is 9.90 Å². The number of aliphatic carboxylic acids is 1. The average molecular weight is 308 g/mol. The van der Waals surface area contributed by atoms with Gasteiger partial charge in [-0.25, -0.2) is 0 Å². The zero-order valence-corrected chi connectivity index (χ0v) is 12.8. The first-order valence-corrected chi connectivity index (χ1v) is 7.79. The molecule has 4 nitrogen and oxygen atoms in total. The Morgan fingerprint density at radius 2 is 1.83 bits per heavy atom. The van der Waals surface area contributed by atoms with Crippen LogP contribution in [0.5, 0.6) is 0 Å². The third-order valence-electron chi connectivity index (χ3n) is 4.04. The number of aromatic amines is 1. The molecule has 0 fully saturated rings. The second kappa shape index (κ2) is 7.11. The summed E-state index contributed by atoms with van der Waals surface area (Å²) in [5.41, 5.74) is 3.27. The standard InChI is InChI=1S/C19H20N2O2/c22-19(23)18(20-11-10-14-6-2-1-3-7-14)12-15-13-21-17-9-5-4-8-16(15)17/h1-9,13,18,20-21H,10-12H2,(H,22,23)/t18-/m0/s1. The van der Waals surface area contributed by atoms with Crippen LogP contribution in [-0.4, -0.2) is 28.6 Å². The van der Waals surface area contributed by atoms with Gasteiger partial charge in [-0.15, -0.1) is 0 Å². The molecular weight excluding hydrogens is 288 g/mol. The minimum atomic E-state index is -0.816. The fourth-order valence-corrected chi connectivity index (χ4v) is 2.80. The van der Waals surface area contributed by atoms with Crippen LogP contribution in [0, 0.1) is 0 Å². The van der Waals surface area contributed by atoms with Crippen LogP contribution in [0.15, 0.2) is 60.8 Å². The summed E-state index contributed by atoms with van der Waals surface area (Å²) in [7, 11) is 0. The number of carboxylic acid groups (broad SMARTS) is 1. The van der Waals surface area contributed by atoms with E-state index >= 15 is 0 Å². The third-order valence-corrected chi connectivity index (χ3v) is 4.04. The summed E-state index contributed by atoms with van der Waals surface area (Å²) in [6.07, 6.45) is 3.19. The SMILES string of the molecule is O=C(O)[C@H](Cc1c[nH]c2ccccc12)NCCc1ccccc1. The first kappa shape index (κ1) is 15.3. The van der Waals surface area contributed by atoms with Crippen LogP contribution in [0.1, 0.15) is 11.1 Å². The van der Waals surface area contributed by atoms with E-state index in [1.165, 1.54) is 5.56 Å². The van der Waals surface area contributed by atoms with Crippen molar-refractivity contribution in [2.45, 2.75) is 18.9 Å². The first-order valence-electron chi connectivity index (χ1n) is 7.79. The second-order valence-electron chi connectivity index (χ2n) is 5.64. The van der Waals surface area contributed by atoms with Crippen molar-refractivity contribution in [3.05, 3.63) is 71.9 Å². The van der Waals surface area contributed by atoms with E-state index in [4.69, 9.17) is 0 Å². The Morgan fingerprint density at radius 1 is 1.09 bits per heavy atom. The molecule has 0 radical (unpaired) electrons. The maximum Gasteiger partial charge on any atom is 0.321 e. The summed E-state index contributed by atoms with van der Waals surface area (Å²) < 4.78 is 0. The fourth-order valence-electron chi connectivity index (χ4n) is 2.80. The molecule has 0 aliphatic heterocycles. The van der Waals surface area contributed by atoms with Crippen molar-refractivity contribution >= 4 is 16.9 Å². The molecule has 0 aliphatic rings. The van der Waals surface area contributed by atoms with Gasteiger partial charge >= 0.3 is 5.97 Å². The molecule has 0 bridgehead atoms. The number of fused-ring (bicyclic) bond motifs is 1. The number of carboxylic acids is 1. The van der Waals surface area contributed by atoms with Gasteiger partial charge in [0.25, 0.3) is 0 Å². The van der Waals surface area contributed by atoms with Gasteiger partial charge in [-0.2, -0.15) is 0 Å². The minimum Gasteiger partial charge on any atom is -0.480 e. The molecule has 3 rings (SSSR count). The predicted octanol–water partition coefficient (Wildman–Crippen LogP) is 3.00. The second-order valence-corrected chi connectivity index (χ2v) is 5.64. The summed E-state index contributed by atoms with van der Waals surface area (Å²) in [5.74, 6) is -0.816. The number of benzene rings is 2. The molecule has 0 amide bonds. The Bertz CT molecular complexity index is 780. The third kappa shape index (κ3) is 3.79. The molecule has 2 aromatic carbocycles. The number of para-hydroxylation sites is 1. The summed E-state index contributed by atoms with van der Waals surface area (Å²) in [6, 6.07) is 17.4. The molecule has 118 valence electrons. The summed E-state index contributed by atoms with van der Waals surface area (Å²) in [5, 5.41) is 13.7. The number of H-pyrrole nitrogens is 1. The number of hydrogen-bond donors (Lipinski definition) is 3. The van der Waals surface area contributed by atoms with E-state index in [1.54, 1.807) is 0 Å². The van der Waals surface area contributed by atoms with Crippen LogP contribution in [0.3, 0.4) is 0 Å². The normalized spacial score (nSPS) is 12.3. The first-order chi connectivity index (χ1) is 11.2. The van der Waals surface area contributed by atoms with Gasteiger partial charge in [0.1, 0.15) is 6.04 Å². The lowest BCUT2D eigenvalue weighted by molar-refractivity contribution is -0.139. The fraction of sp³-hybridized carbons (Fsp3) is 0.211. The minimum absolute atomic E-state index is 0.466. The number of carbonyl (C=O) groups is 1. The van der Waals surface area contributed by atoms with Gasteiger partial charge in [-0.05, 0) is 30.2 Å². The topological polar surface area (TPSA) is 65.1 Å². The van der Waals surface area contributed by atoms with Crippen molar-refractivity contribution in [3.8, 4) is 0 Å². The van der Waals surface area contributed by atoms with Gasteiger partial charge in [0.15, 0.2) is 0 Å². The molecule has 4 heteroatoms. The van der Waals surface area contributed by atoms with E-state index in [2.05, 4.69) is 22.4 Å². The Morgan fingerprint density at radius 3 is 2.61 bits per heavy atom. The Balaban J connectivity index is 1.64. The highest BCUT2D eigenvalue weighted by Gasteiger charge is 2.18. The highest BCUT2D eigenvalue weighted by molar-refractivity contribution is 5.84. The number of nitrogens with one attached hydrogen (secondary N) is 2. The molecule has 0 saturated heterocycles. The lowest BCUT2D eigenvalue weighted by Crippen LogP contribution is -2.39. The Hall–Kier alpha value is -2.59. The van der Waals surface area contributed by atoms with Crippen molar-refractivity contribution in [1.29, 1.82) is 0 Å². The van der Waals surface area contributed by atoms with Crippen molar-refractivity contribution in [1.82, 2.24) is 10.3 Å². The molecule has 0 spiro atoms. The van der Waals surface area contributed by atoms with Crippen LogP contribution < -0.4 is 5.32 Å². The molecule has 1 aromatic heterocycles. The largest absolute Gasteiger partial charge is 0.480 e.